The molecule has 2 aliphatic heterocycles. The van der Waals surface area contributed by atoms with Gasteiger partial charge in [0.15, 0.2) is 12.1 Å². The zero-order valence-corrected chi connectivity index (χ0v) is 15.0. The SMILES string of the molecule is CCOC(=O)/C=C1/[C@H]2OC(C)(C)O[C@H]2O[C@@H]1COC(=O)c1ccccc1. The number of ether oxygens (including phenoxy) is 5. The van der Waals surface area contributed by atoms with E-state index < -0.39 is 36.2 Å². The van der Waals surface area contributed by atoms with Crippen LogP contribution in [-0.4, -0.2) is 49.4 Å². The molecule has 140 valence electrons. The van der Waals surface area contributed by atoms with Gasteiger partial charge in [-0.2, -0.15) is 0 Å². The summed E-state index contributed by atoms with van der Waals surface area (Å²) in [6.07, 6.45) is -0.515. The van der Waals surface area contributed by atoms with Crippen LogP contribution < -0.4 is 0 Å². The molecular weight excluding hydrogens is 340 g/mol. The first kappa shape index (κ1) is 18.6. The van der Waals surface area contributed by atoms with Crippen LogP contribution in [0, 0.1) is 0 Å². The minimum Gasteiger partial charge on any atom is -0.463 e. The summed E-state index contributed by atoms with van der Waals surface area (Å²) in [6.45, 7) is 5.46. The molecule has 7 nitrogen and oxygen atoms in total. The zero-order valence-electron chi connectivity index (χ0n) is 15.0. The fourth-order valence-corrected chi connectivity index (χ4v) is 2.92. The Morgan fingerprint density at radius 3 is 2.58 bits per heavy atom. The van der Waals surface area contributed by atoms with E-state index in [-0.39, 0.29) is 13.2 Å². The highest BCUT2D eigenvalue weighted by Crippen LogP contribution is 2.40. The molecule has 3 atom stereocenters. The largest absolute Gasteiger partial charge is 0.463 e. The topological polar surface area (TPSA) is 80.3 Å². The Labute approximate surface area is 151 Å². The van der Waals surface area contributed by atoms with Crippen molar-refractivity contribution in [1.82, 2.24) is 0 Å². The number of carbonyl (C=O) groups is 2. The third kappa shape index (κ3) is 4.12. The molecule has 0 unspecified atom stereocenters. The molecule has 7 heteroatoms. The average Bonchev–Trinajstić information content (AvgIpc) is 3.06. The Bertz CT molecular complexity index is 695. The van der Waals surface area contributed by atoms with Crippen molar-refractivity contribution in [2.24, 2.45) is 0 Å². The van der Waals surface area contributed by atoms with E-state index in [9.17, 15) is 9.59 Å². The van der Waals surface area contributed by atoms with Crippen molar-refractivity contribution in [1.29, 1.82) is 0 Å². The third-order valence-electron chi connectivity index (χ3n) is 4.00. The maximum absolute atomic E-state index is 12.1. The number of esters is 2. The van der Waals surface area contributed by atoms with E-state index in [1.54, 1.807) is 45.0 Å². The van der Waals surface area contributed by atoms with Crippen LogP contribution in [0.15, 0.2) is 42.0 Å². The zero-order chi connectivity index (χ0) is 18.7. The van der Waals surface area contributed by atoms with E-state index in [0.29, 0.717) is 11.1 Å². The van der Waals surface area contributed by atoms with Gasteiger partial charge in [0, 0.05) is 11.6 Å². The molecule has 26 heavy (non-hydrogen) atoms. The van der Waals surface area contributed by atoms with Crippen molar-refractivity contribution >= 4 is 11.9 Å². The summed E-state index contributed by atoms with van der Waals surface area (Å²) in [4.78, 5) is 24.0. The highest BCUT2D eigenvalue weighted by Gasteiger charge is 2.52. The molecule has 2 saturated heterocycles. The molecule has 2 fully saturated rings. The van der Waals surface area contributed by atoms with Gasteiger partial charge in [-0.25, -0.2) is 9.59 Å². The number of carbonyl (C=O) groups excluding carboxylic acids is 2. The average molecular weight is 362 g/mol. The molecule has 0 saturated carbocycles. The molecule has 0 radical (unpaired) electrons. The summed E-state index contributed by atoms with van der Waals surface area (Å²) in [6, 6.07) is 8.65. The van der Waals surface area contributed by atoms with Crippen LogP contribution in [0.25, 0.3) is 0 Å². The Hall–Kier alpha value is -2.22. The second-order valence-electron chi connectivity index (χ2n) is 6.41. The molecule has 1 aromatic rings. The fourth-order valence-electron chi connectivity index (χ4n) is 2.92. The van der Waals surface area contributed by atoms with Crippen molar-refractivity contribution in [3.05, 3.63) is 47.5 Å². The minimum absolute atomic E-state index is 0.0564. The van der Waals surface area contributed by atoms with Gasteiger partial charge < -0.3 is 23.7 Å². The number of rotatable bonds is 5. The molecule has 1 aromatic carbocycles. The summed E-state index contributed by atoms with van der Waals surface area (Å²) in [5, 5.41) is 0. The van der Waals surface area contributed by atoms with E-state index in [4.69, 9.17) is 23.7 Å². The Morgan fingerprint density at radius 1 is 1.15 bits per heavy atom. The highest BCUT2D eigenvalue weighted by molar-refractivity contribution is 5.89. The van der Waals surface area contributed by atoms with Crippen molar-refractivity contribution in [3.63, 3.8) is 0 Å². The second-order valence-corrected chi connectivity index (χ2v) is 6.41. The van der Waals surface area contributed by atoms with E-state index >= 15 is 0 Å². The van der Waals surface area contributed by atoms with Crippen molar-refractivity contribution in [3.8, 4) is 0 Å². The summed E-state index contributed by atoms with van der Waals surface area (Å²) < 4.78 is 27.6. The van der Waals surface area contributed by atoms with Crippen LogP contribution >= 0.6 is 0 Å². The molecule has 0 aliphatic carbocycles. The van der Waals surface area contributed by atoms with Gasteiger partial charge in [0.1, 0.15) is 18.8 Å². The molecule has 2 aliphatic rings. The summed E-state index contributed by atoms with van der Waals surface area (Å²) >= 11 is 0. The van der Waals surface area contributed by atoms with Gasteiger partial charge in [-0.15, -0.1) is 0 Å². The molecule has 2 heterocycles. The van der Waals surface area contributed by atoms with Gasteiger partial charge in [-0.3, -0.25) is 0 Å². The van der Waals surface area contributed by atoms with Crippen LogP contribution in [0.4, 0.5) is 0 Å². The maximum Gasteiger partial charge on any atom is 0.338 e. The number of hydrogen-bond donors (Lipinski definition) is 0. The molecule has 0 spiro atoms. The first-order valence-corrected chi connectivity index (χ1v) is 8.51. The lowest BCUT2D eigenvalue weighted by Crippen LogP contribution is -2.28. The minimum atomic E-state index is -0.825. The quantitative estimate of drug-likeness (QED) is 0.587. The molecule has 0 amide bonds. The summed E-state index contributed by atoms with van der Waals surface area (Å²) in [7, 11) is 0. The number of fused-ring (bicyclic) bond motifs is 1. The molecule has 0 aromatic heterocycles. The van der Waals surface area contributed by atoms with Crippen molar-refractivity contribution < 1.29 is 33.3 Å². The van der Waals surface area contributed by atoms with E-state index in [0.717, 1.165) is 0 Å². The first-order valence-electron chi connectivity index (χ1n) is 8.51. The predicted octanol–water partition coefficient (Wildman–Crippen LogP) is 2.21. The van der Waals surface area contributed by atoms with Crippen LogP contribution in [0.3, 0.4) is 0 Å². The maximum atomic E-state index is 12.1. The van der Waals surface area contributed by atoms with Crippen LogP contribution in [-0.2, 0) is 28.5 Å². The van der Waals surface area contributed by atoms with Crippen LogP contribution in [0.5, 0.6) is 0 Å². The molecule has 0 bridgehead atoms. The smallest absolute Gasteiger partial charge is 0.338 e. The lowest BCUT2D eigenvalue weighted by atomic mass is 10.1. The number of hydrogen-bond acceptors (Lipinski definition) is 7. The van der Waals surface area contributed by atoms with Crippen LogP contribution in [0.2, 0.25) is 0 Å². The third-order valence-corrected chi connectivity index (χ3v) is 4.00. The molecule has 3 rings (SSSR count). The monoisotopic (exact) mass is 362 g/mol. The van der Waals surface area contributed by atoms with Gasteiger partial charge >= 0.3 is 11.9 Å². The van der Waals surface area contributed by atoms with E-state index in [1.807, 2.05) is 6.07 Å². The van der Waals surface area contributed by atoms with Crippen molar-refractivity contribution in [2.75, 3.05) is 13.2 Å². The highest BCUT2D eigenvalue weighted by atomic mass is 16.8. The molecular formula is C19H22O7. The summed E-state index contributed by atoms with van der Waals surface area (Å²) in [5.74, 6) is -1.79. The second kappa shape index (κ2) is 7.57. The lowest BCUT2D eigenvalue weighted by Gasteiger charge is -2.21. The van der Waals surface area contributed by atoms with Crippen molar-refractivity contribution in [2.45, 2.75) is 45.1 Å². The standard InChI is InChI=1S/C19H22O7/c1-4-22-15(20)10-13-14(24-18-16(13)25-19(2,3)26-18)11-23-17(21)12-8-6-5-7-9-12/h5-10,14,16,18H,4,11H2,1-3H3/b13-10+/t14-,16-,18-/m1/s1. The van der Waals surface area contributed by atoms with Gasteiger partial charge in [0.05, 0.1) is 12.2 Å². The first-order chi connectivity index (χ1) is 12.4. The van der Waals surface area contributed by atoms with E-state index in [2.05, 4.69) is 0 Å². The normalized spacial score (nSPS) is 28.0. The van der Waals surface area contributed by atoms with Crippen LogP contribution in [0.1, 0.15) is 31.1 Å². The van der Waals surface area contributed by atoms with E-state index in [1.165, 1.54) is 6.08 Å². The van der Waals surface area contributed by atoms with Gasteiger partial charge in [0.2, 0.25) is 0 Å². The molecule has 0 N–H and O–H groups in total. The lowest BCUT2D eigenvalue weighted by molar-refractivity contribution is -0.203. The Balaban J connectivity index is 1.71. The Kier molecular flexibility index (Phi) is 5.41. The fraction of sp³-hybridized carbons (Fsp3) is 0.474. The number of benzene rings is 1. The summed E-state index contributed by atoms with van der Waals surface area (Å²) in [5.41, 5.74) is 0.982. The van der Waals surface area contributed by atoms with Gasteiger partial charge in [-0.05, 0) is 32.9 Å². The Morgan fingerprint density at radius 2 is 1.88 bits per heavy atom. The van der Waals surface area contributed by atoms with Gasteiger partial charge in [-0.1, -0.05) is 18.2 Å². The van der Waals surface area contributed by atoms with Gasteiger partial charge in [0.25, 0.3) is 0 Å². The predicted molar refractivity (Wildman–Crippen MR) is 90.1 cm³/mol.